The van der Waals surface area contributed by atoms with E-state index in [1.165, 1.54) is 19.6 Å². The Hall–Kier alpha value is -3.07. The lowest BCUT2D eigenvalue weighted by molar-refractivity contribution is 0.330. The number of hydrogen-bond donors (Lipinski definition) is 1. The summed E-state index contributed by atoms with van der Waals surface area (Å²) in [7, 11) is 1.49. The molecule has 1 fully saturated rings. The lowest BCUT2D eigenvalue weighted by Gasteiger charge is -2.25. The number of imidazole rings is 1. The Balaban J connectivity index is 2.40. The van der Waals surface area contributed by atoms with E-state index in [1.807, 2.05) is 10.6 Å². The molecule has 140 valence electrons. The first-order chi connectivity index (χ1) is 13.1. The number of hydrogen-bond acceptors (Lipinski definition) is 4. The van der Waals surface area contributed by atoms with Gasteiger partial charge in [-0.25, -0.2) is 9.37 Å². The van der Waals surface area contributed by atoms with Crippen molar-refractivity contribution in [1.82, 2.24) is 9.55 Å². The van der Waals surface area contributed by atoms with Crippen molar-refractivity contribution in [2.75, 3.05) is 7.11 Å². The second-order valence-corrected chi connectivity index (χ2v) is 6.66. The topological polar surface area (TPSA) is 76.9 Å². The average molecular weight is 366 g/mol. The number of rotatable bonds is 4. The van der Waals surface area contributed by atoms with Crippen molar-refractivity contribution in [1.29, 1.82) is 5.26 Å². The molecule has 0 bridgehead atoms. The number of aromatic nitrogens is 2. The summed E-state index contributed by atoms with van der Waals surface area (Å²) in [4.78, 5) is 4.65. The lowest BCUT2D eigenvalue weighted by atomic mass is 9.95. The van der Waals surface area contributed by atoms with Gasteiger partial charge < -0.3 is 15.0 Å². The summed E-state index contributed by atoms with van der Waals surface area (Å²) in [5.74, 6) is 0.326. The maximum Gasteiger partial charge on any atom is 0.210 e. The highest BCUT2D eigenvalue weighted by atomic mass is 19.1. The fourth-order valence-electron chi connectivity index (χ4n) is 3.62. The van der Waals surface area contributed by atoms with Gasteiger partial charge in [-0.15, -0.1) is 0 Å². The van der Waals surface area contributed by atoms with Gasteiger partial charge in [0.05, 0.1) is 24.1 Å². The molecular formula is C21H23FN4O. The number of nitriles is 1. The van der Waals surface area contributed by atoms with Crippen LogP contribution in [0.3, 0.4) is 0 Å². The molecule has 0 amide bonds. The van der Waals surface area contributed by atoms with E-state index in [2.05, 4.69) is 11.6 Å². The molecule has 0 unspecified atom stereocenters. The number of allylic oxidation sites excluding steroid dienone is 1. The molecule has 2 N–H and O–H groups in total. The summed E-state index contributed by atoms with van der Waals surface area (Å²) in [6.45, 7) is 3.71. The molecule has 1 aliphatic rings. The van der Waals surface area contributed by atoms with Crippen LogP contribution >= 0.6 is 0 Å². The summed E-state index contributed by atoms with van der Waals surface area (Å²) in [5.41, 5.74) is 6.80. The number of benzene rings is 1. The Morgan fingerprint density at radius 3 is 2.70 bits per heavy atom. The van der Waals surface area contributed by atoms with E-state index in [-0.39, 0.29) is 23.3 Å². The van der Waals surface area contributed by atoms with Crippen molar-refractivity contribution in [2.24, 2.45) is 5.73 Å². The monoisotopic (exact) mass is 366 g/mol. The van der Waals surface area contributed by atoms with Gasteiger partial charge in [-0.2, -0.15) is 5.26 Å². The molecule has 0 saturated heterocycles. The highest BCUT2D eigenvalue weighted by Gasteiger charge is 2.24. The van der Waals surface area contributed by atoms with Gasteiger partial charge in [0.2, 0.25) is 5.88 Å². The standard InChI is InChI=1S/C21H23FN4O/c1-14(13-23)12-18-19(20(24)27-2)26(15-8-4-3-5-9-15)21(25-18)16-10-6-7-11-17(16)22/h6-7,10-12,15H,1,3-5,8-9,24H2,2H3/b18-12+,20-19-. The molecule has 2 aromatic rings. The van der Waals surface area contributed by atoms with Gasteiger partial charge in [-0.3, -0.25) is 0 Å². The third-order valence-corrected chi connectivity index (χ3v) is 4.90. The van der Waals surface area contributed by atoms with Crippen LogP contribution in [-0.2, 0) is 4.74 Å². The molecule has 6 heteroatoms. The Morgan fingerprint density at radius 2 is 2.07 bits per heavy atom. The highest BCUT2D eigenvalue weighted by Crippen LogP contribution is 2.30. The first kappa shape index (κ1) is 18.7. The molecule has 27 heavy (non-hydrogen) atoms. The summed E-state index contributed by atoms with van der Waals surface area (Å²) in [6, 6.07) is 8.67. The van der Waals surface area contributed by atoms with Crippen LogP contribution in [0.2, 0.25) is 0 Å². The van der Waals surface area contributed by atoms with Gasteiger partial charge in [0.1, 0.15) is 17.0 Å². The molecule has 0 atom stereocenters. The van der Waals surface area contributed by atoms with Gasteiger partial charge >= 0.3 is 0 Å². The van der Waals surface area contributed by atoms with E-state index in [9.17, 15) is 4.39 Å². The predicted octanol–water partition coefficient (Wildman–Crippen LogP) is 2.73. The quantitative estimate of drug-likeness (QED) is 0.844. The van der Waals surface area contributed by atoms with E-state index >= 15 is 0 Å². The zero-order chi connectivity index (χ0) is 19.4. The Bertz CT molecular complexity index is 1010. The number of nitrogens with zero attached hydrogens (tertiary/aromatic N) is 3. The minimum atomic E-state index is -0.354. The summed E-state index contributed by atoms with van der Waals surface area (Å²) in [5, 5.41) is 10.2. The van der Waals surface area contributed by atoms with Gasteiger partial charge in [-0.1, -0.05) is 38.0 Å². The first-order valence-electron chi connectivity index (χ1n) is 9.04. The number of methoxy groups -OCH3 is 1. The molecule has 1 heterocycles. The third kappa shape index (κ3) is 3.72. The van der Waals surface area contributed by atoms with Crippen molar-refractivity contribution in [3.05, 3.63) is 52.9 Å². The molecule has 1 aromatic heterocycles. The van der Waals surface area contributed by atoms with Gasteiger partial charge in [0, 0.05) is 11.6 Å². The zero-order valence-corrected chi connectivity index (χ0v) is 15.4. The van der Waals surface area contributed by atoms with Crippen molar-refractivity contribution in [2.45, 2.75) is 38.1 Å². The number of halogens is 1. The Kier molecular flexibility index (Phi) is 5.60. The normalized spacial score (nSPS) is 16.7. The largest absolute Gasteiger partial charge is 0.481 e. The number of nitrogens with two attached hydrogens (primary N) is 1. The smallest absolute Gasteiger partial charge is 0.210 e. The molecular weight excluding hydrogens is 343 g/mol. The molecule has 0 aliphatic heterocycles. The van der Waals surface area contributed by atoms with Crippen molar-refractivity contribution in [3.63, 3.8) is 0 Å². The number of ether oxygens (including phenoxy) is 1. The second kappa shape index (κ2) is 8.09. The van der Waals surface area contributed by atoms with Gasteiger partial charge in [-0.05, 0) is 31.1 Å². The predicted molar refractivity (Wildman–Crippen MR) is 103 cm³/mol. The Morgan fingerprint density at radius 1 is 1.37 bits per heavy atom. The zero-order valence-electron chi connectivity index (χ0n) is 15.4. The van der Waals surface area contributed by atoms with Crippen LogP contribution in [0.5, 0.6) is 0 Å². The maximum absolute atomic E-state index is 14.6. The molecule has 0 spiro atoms. The lowest BCUT2D eigenvalue weighted by Crippen LogP contribution is -2.38. The van der Waals surface area contributed by atoms with Crippen molar-refractivity contribution < 1.29 is 9.13 Å². The molecule has 5 nitrogen and oxygen atoms in total. The molecule has 1 aromatic carbocycles. The summed E-state index contributed by atoms with van der Waals surface area (Å²) >= 11 is 0. The summed E-state index contributed by atoms with van der Waals surface area (Å²) in [6.07, 6.45) is 6.85. The van der Waals surface area contributed by atoms with E-state index in [1.54, 1.807) is 24.3 Å². The SMILES string of the molecule is C=C(C#N)/C=c1/nc(-c2ccccc2F)n(C2CCCCC2)/c1=C(/N)OC. The van der Waals surface area contributed by atoms with Crippen LogP contribution in [-0.4, -0.2) is 16.7 Å². The molecule has 1 aliphatic carbocycles. The van der Waals surface area contributed by atoms with Crippen LogP contribution in [0.15, 0.2) is 36.4 Å². The molecule has 0 radical (unpaired) electrons. The highest BCUT2D eigenvalue weighted by molar-refractivity contribution is 5.60. The van der Waals surface area contributed by atoms with Crippen LogP contribution in [0.1, 0.15) is 38.1 Å². The van der Waals surface area contributed by atoms with Crippen LogP contribution in [0.4, 0.5) is 4.39 Å². The minimum Gasteiger partial charge on any atom is -0.481 e. The average Bonchev–Trinajstić information content (AvgIpc) is 3.07. The van der Waals surface area contributed by atoms with E-state index in [0.717, 1.165) is 25.7 Å². The van der Waals surface area contributed by atoms with Crippen molar-refractivity contribution >= 4 is 12.0 Å². The van der Waals surface area contributed by atoms with E-state index < -0.39 is 0 Å². The van der Waals surface area contributed by atoms with Crippen LogP contribution in [0.25, 0.3) is 23.3 Å². The second-order valence-electron chi connectivity index (χ2n) is 6.66. The maximum atomic E-state index is 14.6. The first-order valence-corrected chi connectivity index (χ1v) is 9.04. The van der Waals surface area contributed by atoms with E-state index in [0.29, 0.717) is 22.1 Å². The van der Waals surface area contributed by atoms with Crippen LogP contribution in [0, 0.1) is 17.1 Å². The summed E-state index contributed by atoms with van der Waals surface area (Å²) < 4.78 is 21.9. The van der Waals surface area contributed by atoms with Crippen molar-refractivity contribution in [3.8, 4) is 17.5 Å². The fraction of sp³-hybridized carbons (Fsp3) is 0.333. The fourth-order valence-corrected chi connectivity index (χ4v) is 3.62. The minimum absolute atomic E-state index is 0.141. The molecule has 3 rings (SSSR count). The molecule has 1 saturated carbocycles. The van der Waals surface area contributed by atoms with E-state index in [4.69, 9.17) is 15.7 Å². The third-order valence-electron chi connectivity index (χ3n) is 4.90. The van der Waals surface area contributed by atoms with Crippen LogP contribution < -0.4 is 16.4 Å². The Labute approximate surface area is 157 Å². The van der Waals surface area contributed by atoms with Gasteiger partial charge in [0.25, 0.3) is 0 Å². The van der Waals surface area contributed by atoms with Gasteiger partial charge in [0.15, 0.2) is 0 Å².